The van der Waals surface area contributed by atoms with Crippen molar-refractivity contribution in [3.05, 3.63) is 39.3 Å². The Morgan fingerprint density at radius 3 is 2.93 bits per heavy atom. The summed E-state index contributed by atoms with van der Waals surface area (Å²) >= 11 is 0. The van der Waals surface area contributed by atoms with E-state index >= 15 is 0 Å². The number of nitrogen functional groups attached to an aromatic ring is 1. The van der Waals surface area contributed by atoms with Crippen LogP contribution in [0.3, 0.4) is 0 Å². The molecule has 0 heterocycles. The average Bonchev–Trinajstić information content (AvgIpc) is 2.20. The standard InChI is InChI=1S/C9H10N4O/c1-6-8(4-12-13-11)2-7(5-14)3-9(6)10/h2-3,5H,4,10H2,1H3. The fraction of sp³-hybridized carbons (Fsp3) is 0.222. The highest BCUT2D eigenvalue weighted by Gasteiger charge is 2.03. The first kappa shape index (κ1) is 10.1. The van der Waals surface area contributed by atoms with Crippen LogP contribution in [0.4, 0.5) is 5.69 Å². The number of anilines is 1. The van der Waals surface area contributed by atoms with Gasteiger partial charge < -0.3 is 5.73 Å². The van der Waals surface area contributed by atoms with E-state index in [9.17, 15) is 4.79 Å². The minimum Gasteiger partial charge on any atom is -0.398 e. The summed E-state index contributed by atoms with van der Waals surface area (Å²) in [7, 11) is 0. The molecule has 0 spiro atoms. The second kappa shape index (κ2) is 4.30. The van der Waals surface area contributed by atoms with Gasteiger partial charge in [-0.3, -0.25) is 4.79 Å². The molecule has 5 nitrogen and oxygen atoms in total. The highest BCUT2D eigenvalue weighted by Crippen LogP contribution is 2.18. The molecule has 0 aliphatic rings. The molecule has 72 valence electrons. The normalized spacial score (nSPS) is 9.21. The predicted molar refractivity (Wildman–Crippen MR) is 53.8 cm³/mol. The smallest absolute Gasteiger partial charge is 0.150 e. The lowest BCUT2D eigenvalue weighted by Crippen LogP contribution is -1.97. The molecule has 1 aromatic carbocycles. The maximum absolute atomic E-state index is 10.5. The van der Waals surface area contributed by atoms with E-state index in [2.05, 4.69) is 10.0 Å². The van der Waals surface area contributed by atoms with Gasteiger partial charge >= 0.3 is 0 Å². The fourth-order valence-electron chi connectivity index (χ4n) is 1.16. The van der Waals surface area contributed by atoms with E-state index in [1.807, 2.05) is 6.92 Å². The summed E-state index contributed by atoms with van der Waals surface area (Å²) in [6.07, 6.45) is 0.718. The van der Waals surface area contributed by atoms with Gasteiger partial charge in [0.1, 0.15) is 6.29 Å². The Hall–Kier alpha value is -2.00. The first-order valence-corrected chi connectivity index (χ1v) is 4.04. The second-order valence-corrected chi connectivity index (χ2v) is 2.90. The largest absolute Gasteiger partial charge is 0.398 e. The number of hydrogen-bond donors (Lipinski definition) is 1. The zero-order chi connectivity index (χ0) is 10.6. The number of carbonyl (C=O) groups excluding carboxylic acids is 1. The van der Waals surface area contributed by atoms with Gasteiger partial charge in [-0.1, -0.05) is 5.11 Å². The Balaban J connectivity index is 3.19. The van der Waals surface area contributed by atoms with Crippen LogP contribution in [-0.4, -0.2) is 6.29 Å². The minimum absolute atomic E-state index is 0.216. The molecular formula is C9H10N4O. The molecule has 14 heavy (non-hydrogen) atoms. The Morgan fingerprint density at radius 2 is 2.36 bits per heavy atom. The van der Waals surface area contributed by atoms with Crippen molar-refractivity contribution in [3.63, 3.8) is 0 Å². The molecule has 5 heteroatoms. The molecule has 0 amide bonds. The minimum atomic E-state index is 0.216. The SMILES string of the molecule is Cc1c(N)cc(C=O)cc1CN=[N+]=[N-]. The summed E-state index contributed by atoms with van der Waals surface area (Å²) in [5.74, 6) is 0. The van der Waals surface area contributed by atoms with Crippen molar-refractivity contribution in [3.8, 4) is 0 Å². The molecule has 0 aliphatic heterocycles. The zero-order valence-electron chi connectivity index (χ0n) is 7.77. The van der Waals surface area contributed by atoms with E-state index in [1.165, 1.54) is 0 Å². The molecule has 0 radical (unpaired) electrons. The van der Waals surface area contributed by atoms with Gasteiger partial charge in [-0.25, -0.2) is 0 Å². The van der Waals surface area contributed by atoms with Gasteiger partial charge in [0, 0.05) is 16.2 Å². The van der Waals surface area contributed by atoms with Crippen molar-refractivity contribution in [1.82, 2.24) is 0 Å². The van der Waals surface area contributed by atoms with Gasteiger partial charge in [0.2, 0.25) is 0 Å². The van der Waals surface area contributed by atoms with Gasteiger partial charge in [0.15, 0.2) is 0 Å². The number of hydrogen-bond acceptors (Lipinski definition) is 3. The van der Waals surface area contributed by atoms with Crippen LogP contribution in [0.2, 0.25) is 0 Å². The van der Waals surface area contributed by atoms with E-state index in [1.54, 1.807) is 12.1 Å². The molecule has 0 aliphatic carbocycles. The van der Waals surface area contributed by atoms with Crippen LogP contribution in [0.15, 0.2) is 17.2 Å². The maximum Gasteiger partial charge on any atom is 0.150 e. The van der Waals surface area contributed by atoms with Crippen molar-refractivity contribution in [2.24, 2.45) is 5.11 Å². The highest BCUT2D eigenvalue weighted by molar-refractivity contribution is 5.78. The lowest BCUT2D eigenvalue weighted by Gasteiger charge is -2.06. The van der Waals surface area contributed by atoms with Crippen molar-refractivity contribution in [1.29, 1.82) is 0 Å². The van der Waals surface area contributed by atoms with E-state index < -0.39 is 0 Å². The molecule has 0 atom stereocenters. The summed E-state index contributed by atoms with van der Waals surface area (Å²) in [5.41, 5.74) is 16.5. The third-order valence-corrected chi connectivity index (χ3v) is 2.02. The molecule has 0 aromatic heterocycles. The third kappa shape index (κ3) is 2.02. The number of aldehydes is 1. The Morgan fingerprint density at radius 1 is 1.64 bits per heavy atom. The number of carbonyl (C=O) groups is 1. The molecular weight excluding hydrogens is 180 g/mol. The van der Waals surface area contributed by atoms with Crippen molar-refractivity contribution in [2.75, 3.05) is 5.73 Å². The van der Waals surface area contributed by atoms with E-state index in [0.717, 1.165) is 17.4 Å². The van der Waals surface area contributed by atoms with Crippen LogP contribution in [0.25, 0.3) is 10.4 Å². The summed E-state index contributed by atoms with van der Waals surface area (Å²) in [4.78, 5) is 13.2. The lowest BCUT2D eigenvalue weighted by molar-refractivity contribution is 0.112. The van der Waals surface area contributed by atoms with Crippen LogP contribution in [-0.2, 0) is 6.54 Å². The van der Waals surface area contributed by atoms with Gasteiger partial charge in [-0.15, -0.1) is 0 Å². The van der Waals surface area contributed by atoms with Gasteiger partial charge in [0.25, 0.3) is 0 Å². The number of benzene rings is 1. The fourth-order valence-corrected chi connectivity index (χ4v) is 1.16. The van der Waals surface area contributed by atoms with Crippen molar-refractivity contribution < 1.29 is 4.79 Å². The quantitative estimate of drug-likeness (QED) is 0.260. The molecule has 0 fully saturated rings. The molecule has 0 saturated carbocycles. The number of nitrogens with zero attached hydrogens (tertiary/aromatic N) is 3. The highest BCUT2D eigenvalue weighted by atomic mass is 16.1. The van der Waals surface area contributed by atoms with Gasteiger partial charge in [0.05, 0.1) is 6.54 Å². The lowest BCUT2D eigenvalue weighted by atomic mass is 10.0. The first-order chi connectivity index (χ1) is 6.69. The summed E-state index contributed by atoms with van der Waals surface area (Å²) < 4.78 is 0. The van der Waals surface area contributed by atoms with Crippen LogP contribution >= 0.6 is 0 Å². The van der Waals surface area contributed by atoms with Gasteiger partial charge in [-0.2, -0.15) is 0 Å². The van der Waals surface area contributed by atoms with Gasteiger partial charge in [-0.05, 0) is 35.7 Å². The first-order valence-electron chi connectivity index (χ1n) is 4.04. The molecule has 0 saturated heterocycles. The summed E-state index contributed by atoms with van der Waals surface area (Å²) in [5, 5.41) is 3.43. The summed E-state index contributed by atoms with van der Waals surface area (Å²) in [6, 6.07) is 3.27. The Labute approximate surface area is 81.2 Å². The van der Waals surface area contributed by atoms with Crippen LogP contribution in [0.1, 0.15) is 21.5 Å². The number of rotatable bonds is 3. The molecule has 1 rings (SSSR count). The monoisotopic (exact) mass is 190 g/mol. The van der Waals surface area contributed by atoms with Crippen LogP contribution in [0.5, 0.6) is 0 Å². The van der Waals surface area contributed by atoms with Crippen molar-refractivity contribution in [2.45, 2.75) is 13.5 Å². The Bertz CT molecular complexity index is 408. The maximum atomic E-state index is 10.5. The summed E-state index contributed by atoms with van der Waals surface area (Å²) in [6.45, 7) is 2.04. The molecule has 1 aromatic rings. The third-order valence-electron chi connectivity index (χ3n) is 2.02. The molecule has 0 unspecified atom stereocenters. The Kier molecular flexibility index (Phi) is 3.09. The van der Waals surface area contributed by atoms with E-state index in [4.69, 9.17) is 11.3 Å². The predicted octanol–water partition coefficient (Wildman–Crippen LogP) is 2.20. The molecule has 0 bridgehead atoms. The average molecular weight is 190 g/mol. The van der Waals surface area contributed by atoms with E-state index in [-0.39, 0.29) is 6.54 Å². The van der Waals surface area contributed by atoms with E-state index in [0.29, 0.717) is 11.3 Å². The van der Waals surface area contributed by atoms with Crippen molar-refractivity contribution >= 4 is 12.0 Å². The molecule has 2 N–H and O–H groups in total. The second-order valence-electron chi connectivity index (χ2n) is 2.90. The zero-order valence-corrected chi connectivity index (χ0v) is 7.77. The number of azide groups is 1. The van der Waals surface area contributed by atoms with Crippen LogP contribution in [0, 0.1) is 6.92 Å². The number of nitrogens with two attached hydrogens (primary N) is 1. The van der Waals surface area contributed by atoms with Crippen LogP contribution < -0.4 is 5.73 Å². The topological polar surface area (TPSA) is 91.9 Å².